The van der Waals surface area contributed by atoms with Gasteiger partial charge in [0.25, 0.3) is 0 Å². The maximum Gasteiger partial charge on any atom is 0.122 e. The molecule has 1 aromatic rings. The van der Waals surface area contributed by atoms with Crippen LogP contribution in [-0.4, -0.2) is 23.9 Å². The molecule has 3 heteroatoms. The fourth-order valence-electron chi connectivity index (χ4n) is 3.20. The Hall–Kier alpha value is -1.06. The van der Waals surface area contributed by atoms with Crippen LogP contribution in [0.5, 0.6) is 5.75 Å². The lowest BCUT2D eigenvalue weighted by molar-refractivity contribution is 0.0860. The van der Waals surface area contributed by atoms with E-state index in [1.165, 1.54) is 17.5 Å². The Kier molecular flexibility index (Phi) is 3.76. The van der Waals surface area contributed by atoms with Gasteiger partial charge >= 0.3 is 0 Å². The van der Waals surface area contributed by atoms with Crippen molar-refractivity contribution in [3.63, 3.8) is 0 Å². The van der Waals surface area contributed by atoms with E-state index in [0.717, 1.165) is 38.0 Å². The first-order valence-electron chi connectivity index (χ1n) is 7.44. The van der Waals surface area contributed by atoms with Crippen LogP contribution in [0.15, 0.2) is 18.2 Å². The predicted molar refractivity (Wildman–Crippen MR) is 75.5 cm³/mol. The smallest absolute Gasteiger partial charge is 0.122 e. The molecule has 1 saturated carbocycles. The highest BCUT2D eigenvalue weighted by Gasteiger charge is 2.24. The molecule has 3 atom stereocenters. The van der Waals surface area contributed by atoms with Gasteiger partial charge in [0.05, 0.1) is 12.7 Å². The van der Waals surface area contributed by atoms with E-state index in [1.807, 2.05) is 0 Å². The van der Waals surface area contributed by atoms with E-state index in [2.05, 4.69) is 30.4 Å². The van der Waals surface area contributed by atoms with Crippen molar-refractivity contribution in [1.29, 1.82) is 0 Å². The van der Waals surface area contributed by atoms with Gasteiger partial charge in [0.15, 0.2) is 0 Å². The minimum Gasteiger partial charge on any atom is -0.493 e. The topological polar surface area (TPSA) is 41.5 Å². The average molecular weight is 261 g/mol. The largest absolute Gasteiger partial charge is 0.493 e. The van der Waals surface area contributed by atoms with E-state index < -0.39 is 0 Å². The molecule has 0 saturated heterocycles. The van der Waals surface area contributed by atoms with Gasteiger partial charge < -0.3 is 15.2 Å². The molecule has 1 aliphatic carbocycles. The Morgan fingerprint density at radius 2 is 2.16 bits per heavy atom. The molecule has 0 bridgehead atoms. The molecular formula is C16H23NO2. The molecule has 1 heterocycles. The van der Waals surface area contributed by atoms with Crippen molar-refractivity contribution >= 4 is 0 Å². The van der Waals surface area contributed by atoms with Gasteiger partial charge in [-0.3, -0.25) is 0 Å². The van der Waals surface area contributed by atoms with Crippen molar-refractivity contribution in [2.75, 3.05) is 6.61 Å². The van der Waals surface area contributed by atoms with Crippen molar-refractivity contribution < 1.29 is 9.84 Å². The highest BCUT2D eigenvalue weighted by Crippen LogP contribution is 2.29. The third-order valence-electron chi connectivity index (χ3n) is 4.41. The quantitative estimate of drug-likeness (QED) is 0.878. The molecule has 3 unspecified atom stereocenters. The van der Waals surface area contributed by atoms with Gasteiger partial charge in [-0.25, -0.2) is 0 Å². The lowest BCUT2D eigenvalue weighted by atomic mass is 9.91. The number of aliphatic hydroxyl groups excluding tert-OH is 1. The molecule has 2 aliphatic rings. The first-order chi connectivity index (χ1) is 9.24. The van der Waals surface area contributed by atoms with Crippen molar-refractivity contribution in [3.8, 4) is 5.75 Å². The standard InChI is InChI=1S/C16H23NO2/c1-11(17-14-4-2-3-5-15(14)18)12-6-7-16-13(10-12)8-9-19-16/h6-7,10-11,14-15,17-18H,2-5,8-9H2,1H3. The summed E-state index contributed by atoms with van der Waals surface area (Å²) < 4.78 is 5.54. The molecule has 1 aliphatic heterocycles. The van der Waals surface area contributed by atoms with Crippen molar-refractivity contribution in [1.82, 2.24) is 5.32 Å². The molecular weight excluding hydrogens is 238 g/mol. The minimum absolute atomic E-state index is 0.186. The Morgan fingerprint density at radius 1 is 1.32 bits per heavy atom. The molecule has 1 fully saturated rings. The third-order valence-corrected chi connectivity index (χ3v) is 4.41. The van der Waals surface area contributed by atoms with Gasteiger partial charge in [-0.1, -0.05) is 25.0 Å². The van der Waals surface area contributed by atoms with Crippen molar-refractivity contribution in [2.45, 2.75) is 57.2 Å². The van der Waals surface area contributed by atoms with Crippen LogP contribution in [0.3, 0.4) is 0 Å². The SMILES string of the molecule is CC(NC1CCCCC1O)c1ccc2c(c1)CCO2. The lowest BCUT2D eigenvalue weighted by Crippen LogP contribution is -2.43. The molecule has 1 aromatic carbocycles. The fraction of sp³-hybridized carbons (Fsp3) is 0.625. The number of fused-ring (bicyclic) bond motifs is 1. The molecule has 3 nitrogen and oxygen atoms in total. The van der Waals surface area contributed by atoms with E-state index in [0.29, 0.717) is 0 Å². The Balaban J connectivity index is 1.68. The zero-order valence-corrected chi connectivity index (χ0v) is 11.6. The van der Waals surface area contributed by atoms with E-state index in [9.17, 15) is 5.11 Å². The summed E-state index contributed by atoms with van der Waals surface area (Å²) in [6.45, 7) is 2.99. The minimum atomic E-state index is -0.186. The number of nitrogens with one attached hydrogen (secondary N) is 1. The lowest BCUT2D eigenvalue weighted by Gasteiger charge is -2.31. The highest BCUT2D eigenvalue weighted by atomic mass is 16.5. The van der Waals surface area contributed by atoms with Crippen molar-refractivity contribution in [2.24, 2.45) is 0 Å². The van der Waals surface area contributed by atoms with Gasteiger partial charge in [-0.2, -0.15) is 0 Å². The summed E-state index contributed by atoms with van der Waals surface area (Å²) in [5.41, 5.74) is 2.61. The summed E-state index contributed by atoms with van der Waals surface area (Å²) >= 11 is 0. The normalized spacial score (nSPS) is 27.7. The Bertz CT molecular complexity index is 446. The molecule has 0 radical (unpaired) electrons. The summed E-state index contributed by atoms with van der Waals surface area (Å²) in [7, 11) is 0. The Morgan fingerprint density at radius 3 is 3.00 bits per heavy atom. The van der Waals surface area contributed by atoms with E-state index in [4.69, 9.17) is 4.74 Å². The molecule has 104 valence electrons. The summed E-state index contributed by atoms with van der Waals surface area (Å²) in [6, 6.07) is 6.98. The van der Waals surface area contributed by atoms with Crippen LogP contribution in [0.4, 0.5) is 0 Å². The van der Waals surface area contributed by atoms with E-state index >= 15 is 0 Å². The van der Waals surface area contributed by atoms with Crippen LogP contribution >= 0.6 is 0 Å². The van der Waals surface area contributed by atoms with Gasteiger partial charge in [0.1, 0.15) is 5.75 Å². The number of hydrogen-bond donors (Lipinski definition) is 2. The maximum absolute atomic E-state index is 10.0. The van der Waals surface area contributed by atoms with Crippen LogP contribution in [0, 0.1) is 0 Å². The van der Waals surface area contributed by atoms with Gasteiger partial charge in [-0.15, -0.1) is 0 Å². The van der Waals surface area contributed by atoms with Gasteiger partial charge in [0, 0.05) is 18.5 Å². The monoisotopic (exact) mass is 261 g/mol. The number of rotatable bonds is 3. The van der Waals surface area contributed by atoms with Crippen LogP contribution in [0.2, 0.25) is 0 Å². The first kappa shape index (κ1) is 12.9. The summed E-state index contributed by atoms with van der Waals surface area (Å²) in [5.74, 6) is 1.04. The molecule has 2 N–H and O–H groups in total. The van der Waals surface area contributed by atoms with Crippen LogP contribution in [0.25, 0.3) is 0 Å². The van der Waals surface area contributed by atoms with E-state index in [1.54, 1.807) is 0 Å². The predicted octanol–water partition coefficient (Wildman–Crippen LogP) is 2.58. The van der Waals surface area contributed by atoms with Crippen LogP contribution in [0.1, 0.15) is 49.8 Å². The third kappa shape index (κ3) is 2.77. The average Bonchev–Trinajstić information content (AvgIpc) is 2.88. The number of ether oxygens (including phenoxy) is 1. The van der Waals surface area contributed by atoms with Gasteiger partial charge in [-0.05, 0) is 37.0 Å². The van der Waals surface area contributed by atoms with E-state index in [-0.39, 0.29) is 18.2 Å². The summed E-state index contributed by atoms with van der Waals surface area (Å²) in [6.07, 6.45) is 5.22. The highest BCUT2D eigenvalue weighted by molar-refractivity contribution is 5.40. The zero-order chi connectivity index (χ0) is 13.2. The summed E-state index contributed by atoms with van der Waals surface area (Å²) in [4.78, 5) is 0. The number of benzene rings is 1. The number of hydrogen-bond acceptors (Lipinski definition) is 3. The summed E-state index contributed by atoms with van der Waals surface area (Å²) in [5, 5.41) is 13.6. The fourth-order valence-corrected chi connectivity index (χ4v) is 3.20. The molecule has 0 aromatic heterocycles. The van der Waals surface area contributed by atoms with Crippen molar-refractivity contribution in [3.05, 3.63) is 29.3 Å². The molecule has 19 heavy (non-hydrogen) atoms. The second-order valence-electron chi connectivity index (χ2n) is 5.81. The second-order valence-corrected chi connectivity index (χ2v) is 5.81. The maximum atomic E-state index is 10.0. The first-order valence-corrected chi connectivity index (χ1v) is 7.44. The molecule has 0 amide bonds. The second kappa shape index (κ2) is 5.51. The van der Waals surface area contributed by atoms with Crippen LogP contribution < -0.4 is 10.1 Å². The Labute approximate surface area is 115 Å². The molecule has 0 spiro atoms. The molecule has 3 rings (SSSR count). The van der Waals surface area contributed by atoms with Gasteiger partial charge in [0.2, 0.25) is 0 Å². The zero-order valence-electron chi connectivity index (χ0n) is 11.6. The van der Waals surface area contributed by atoms with Crippen LogP contribution in [-0.2, 0) is 6.42 Å². The number of aliphatic hydroxyl groups is 1.